The van der Waals surface area contributed by atoms with Gasteiger partial charge in [-0.3, -0.25) is 14.5 Å². The Hall–Kier alpha value is -2.59. The van der Waals surface area contributed by atoms with Gasteiger partial charge in [-0.15, -0.1) is 0 Å². The molecular formula is C14H17F3N6O2. The third kappa shape index (κ3) is 3.74. The molecule has 1 atom stereocenters. The van der Waals surface area contributed by atoms with Gasteiger partial charge in [-0.2, -0.15) is 23.4 Å². The summed E-state index contributed by atoms with van der Waals surface area (Å²) >= 11 is 0. The van der Waals surface area contributed by atoms with Crippen LogP contribution in [-0.4, -0.2) is 48.9 Å². The van der Waals surface area contributed by atoms with Crippen LogP contribution in [0, 0.1) is 6.92 Å². The molecule has 0 spiro atoms. The van der Waals surface area contributed by atoms with Gasteiger partial charge in [-0.25, -0.2) is 9.89 Å². The first-order chi connectivity index (χ1) is 11.7. The molecule has 1 fully saturated rings. The summed E-state index contributed by atoms with van der Waals surface area (Å²) in [6.45, 7) is 2.08. The van der Waals surface area contributed by atoms with Crippen LogP contribution in [0.15, 0.2) is 10.9 Å². The lowest BCUT2D eigenvalue weighted by atomic mass is 9.97. The van der Waals surface area contributed by atoms with Gasteiger partial charge in [-0.05, 0) is 25.8 Å². The van der Waals surface area contributed by atoms with Crippen molar-refractivity contribution in [2.24, 2.45) is 0 Å². The lowest BCUT2D eigenvalue weighted by Crippen LogP contribution is -2.41. The average molecular weight is 358 g/mol. The minimum absolute atomic E-state index is 0.110. The van der Waals surface area contributed by atoms with Crippen LogP contribution in [0.1, 0.15) is 36.0 Å². The van der Waals surface area contributed by atoms with Gasteiger partial charge in [0.25, 0.3) is 0 Å². The number of hydrogen-bond donors (Lipinski definition) is 2. The summed E-state index contributed by atoms with van der Waals surface area (Å²) in [6.07, 6.45) is -3.05. The number of nitrogens with zero attached hydrogens (tertiary/aromatic N) is 4. The molecule has 1 amide bonds. The van der Waals surface area contributed by atoms with Gasteiger partial charge in [0, 0.05) is 24.7 Å². The number of hydrogen-bond acceptors (Lipinski definition) is 4. The van der Waals surface area contributed by atoms with Crippen LogP contribution in [0.4, 0.5) is 13.2 Å². The number of rotatable bonds is 3. The number of piperidine rings is 1. The number of aromatic amines is 2. The zero-order valence-electron chi connectivity index (χ0n) is 13.4. The molecule has 11 heteroatoms. The largest absolute Gasteiger partial charge is 0.435 e. The van der Waals surface area contributed by atoms with Crippen molar-refractivity contribution in [1.29, 1.82) is 0 Å². The molecule has 0 aliphatic carbocycles. The number of alkyl halides is 3. The number of carbonyl (C=O) groups is 1. The summed E-state index contributed by atoms with van der Waals surface area (Å²) in [6, 6.07) is 0.917. The number of H-pyrrole nitrogens is 2. The molecule has 1 unspecified atom stereocenters. The van der Waals surface area contributed by atoms with Gasteiger partial charge in [0.2, 0.25) is 5.91 Å². The van der Waals surface area contributed by atoms with Gasteiger partial charge >= 0.3 is 11.9 Å². The fraction of sp³-hybridized carbons (Fsp3) is 0.571. The van der Waals surface area contributed by atoms with Gasteiger partial charge in [0.1, 0.15) is 12.4 Å². The molecule has 2 N–H and O–H groups in total. The standard InChI is InChI=1S/C14H17F3N6O2/c1-8-5-10(14(15,16)17)21-23(8)7-11(24)22-4-2-3-9(6-22)12-18-13(25)20-19-12/h5,9H,2-4,6-7H2,1H3,(H2,18,19,20,25). The number of aryl methyl sites for hydroxylation is 1. The van der Waals surface area contributed by atoms with Crippen LogP contribution in [0.3, 0.4) is 0 Å². The molecule has 1 aliphatic heterocycles. The number of amides is 1. The summed E-state index contributed by atoms with van der Waals surface area (Å²) in [5, 5.41) is 9.65. The van der Waals surface area contributed by atoms with E-state index in [1.165, 1.54) is 6.92 Å². The maximum absolute atomic E-state index is 12.7. The van der Waals surface area contributed by atoms with E-state index in [0.717, 1.165) is 23.6 Å². The molecule has 136 valence electrons. The molecule has 0 saturated carbocycles. The van der Waals surface area contributed by atoms with E-state index in [1.807, 2.05) is 0 Å². The maximum Gasteiger partial charge on any atom is 0.435 e. The quantitative estimate of drug-likeness (QED) is 0.856. The fourth-order valence-electron chi connectivity index (χ4n) is 2.94. The second-order valence-electron chi connectivity index (χ2n) is 6.07. The van der Waals surface area contributed by atoms with Crippen molar-refractivity contribution >= 4 is 5.91 Å². The van der Waals surface area contributed by atoms with Crippen molar-refractivity contribution in [3.05, 3.63) is 33.8 Å². The summed E-state index contributed by atoms with van der Waals surface area (Å²) in [5.41, 5.74) is -1.15. The second kappa shape index (κ2) is 6.37. The van der Waals surface area contributed by atoms with Crippen LogP contribution >= 0.6 is 0 Å². The first-order valence-corrected chi connectivity index (χ1v) is 7.78. The van der Waals surface area contributed by atoms with E-state index in [4.69, 9.17) is 0 Å². The Labute approximate surface area is 140 Å². The Morgan fingerprint density at radius 1 is 1.44 bits per heavy atom. The second-order valence-corrected chi connectivity index (χ2v) is 6.07. The minimum atomic E-state index is -4.54. The van der Waals surface area contributed by atoms with Crippen molar-refractivity contribution in [2.45, 2.75) is 38.4 Å². The molecule has 3 rings (SSSR count). The number of carbonyl (C=O) groups excluding carboxylic acids is 1. The lowest BCUT2D eigenvalue weighted by molar-refractivity contribution is -0.142. The van der Waals surface area contributed by atoms with Crippen molar-refractivity contribution in [3.8, 4) is 0 Å². The van der Waals surface area contributed by atoms with Gasteiger partial charge in [0.15, 0.2) is 5.69 Å². The van der Waals surface area contributed by atoms with E-state index in [1.54, 1.807) is 4.90 Å². The van der Waals surface area contributed by atoms with Crippen LogP contribution in [-0.2, 0) is 17.5 Å². The third-order valence-electron chi connectivity index (χ3n) is 4.24. The van der Waals surface area contributed by atoms with Crippen LogP contribution < -0.4 is 5.69 Å². The topological polar surface area (TPSA) is 99.7 Å². The van der Waals surface area contributed by atoms with E-state index in [-0.39, 0.29) is 24.1 Å². The molecule has 2 aromatic rings. The van der Waals surface area contributed by atoms with Gasteiger partial charge in [0.05, 0.1) is 0 Å². The smallest absolute Gasteiger partial charge is 0.340 e. The highest BCUT2D eigenvalue weighted by atomic mass is 19.4. The fourth-order valence-corrected chi connectivity index (χ4v) is 2.94. The molecule has 3 heterocycles. The highest BCUT2D eigenvalue weighted by molar-refractivity contribution is 5.76. The van der Waals surface area contributed by atoms with Crippen molar-refractivity contribution < 1.29 is 18.0 Å². The highest BCUT2D eigenvalue weighted by Crippen LogP contribution is 2.28. The monoisotopic (exact) mass is 358 g/mol. The van der Waals surface area contributed by atoms with E-state index >= 15 is 0 Å². The molecule has 8 nitrogen and oxygen atoms in total. The Morgan fingerprint density at radius 3 is 2.80 bits per heavy atom. The average Bonchev–Trinajstić information content (AvgIpc) is 3.14. The summed E-state index contributed by atoms with van der Waals surface area (Å²) < 4.78 is 39.2. The zero-order chi connectivity index (χ0) is 18.2. The maximum atomic E-state index is 12.7. The van der Waals surface area contributed by atoms with Gasteiger partial charge in [-0.1, -0.05) is 0 Å². The predicted molar refractivity (Wildman–Crippen MR) is 79.7 cm³/mol. The molecule has 1 saturated heterocycles. The third-order valence-corrected chi connectivity index (χ3v) is 4.24. The molecule has 0 radical (unpaired) electrons. The summed E-state index contributed by atoms with van der Waals surface area (Å²) in [7, 11) is 0. The first-order valence-electron chi connectivity index (χ1n) is 7.78. The Balaban J connectivity index is 1.69. The molecule has 0 aromatic carbocycles. The number of aromatic nitrogens is 5. The molecular weight excluding hydrogens is 341 g/mol. The zero-order valence-corrected chi connectivity index (χ0v) is 13.4. The Morgan fingerprint density at radius 2 is 2.20 bits per heavy atom. The number of nitrogens with one attached hydrogen (secondary N) is 2. The SMILES string of the molecule is Cc1cc(C(F)(F)F)nn1CC(=O)N1CCCC(c2n[nH]c(=O)[nH]2)C1. The molecule has 2 aromatic heterocycles. The van der Waals surface area contributed by atoms with E-state index in [2.05, 4.69) is 20.3 Å². The van der Waals surface area contributed by atoms with Crippen LogP contribution in [0.2, 0.25) is 0 Å². The molecule has 25 heavy (non-hydrogen) atoms. The minimum Gasteiger partial charge on any atom is -0.340 e. The van der Waals surface area contributed by atoms with Gasteiger partial charge < -0.3 is 4.90 Å². The Kier molecular flexibility index (Phi) is 4.39. The first kappa shape index (κ1) is 17.2. The summed E-state index contributed by atoms with van der Waals surface area (Å²) in [5.74, 6) is 0.0562. The van der Waals surface area contributed by atoms with Crippen LogP contribution in [0.25, 0.3) is 0 Å². The number of halogens is 3. The van der Waals surface area contributed by atoms with Crippen LogP contribution in [0.5, 0.6) is 0 Å². The normalized spacial score (nSPS) is 18.6. The van der Waals surface area contributed by atoms with E-state index < -0.39 is 17.6 Å². The predicted octanol–water partition coefficient (Wildman–Crippen LogP) is 1.03. The Bertz CT molecular complexity index is 821. The lowest BCUT2D eigenvalue weighted by Gasteiger charge is -2.31. The van der Waals surface area contributed by atoms with Crippen molar-refractivity contribution in [1.82, 2.24) is 29.9 Å². The van der Waals surface area contributed by atoms with Crippen molar-refractivity contribution in [2.75, 3.05) is 13.1 Å². The highest BCUT2D eigenvalue weighted by Gasteiger charge is 2.35. The summed E-state index contributed by atoms with van der Waals surface area (Å²) in [4.78, 5) is 27.7. The van der Waals surface area contributed by atoms with Crippen molar-refractivity contribution in [3.63, 3.8) is 0 Å². The molecule has 0 bridgehead atoms. The van der Waals surface area contributed by atoms with E-state index in [9.17, 15) is 22.8 Å². The number of likely N-dealkylation sites (tertiary alicyclic amines) is 1. The van der Waals surface area contributed by atoms with E-state index in [0.29, 0.717) is 18.9 Å². The molecule has 1 aliphatic rings.